The Morgan fingerprint density at radius 1 is 1.22 bits per heavy atom. The predicted molar refractivity (Wildman–Crippen MR) is 98.7 cm³/mol. The van der Waals surface area contributed by atoms with Gasteiger partial charge < -0.3 is 4.90 Å². The summed E-state index contributed by atoms with van der Waals surface area (Å²) in [5, 5.41) is 2.01. The van der Waals surface area contributed by atoms with Crippen molar-refractivity contribution < 1.29 is 0 Å². The average molecular weight is 406 g/mol. The van der Waals surface area contributed by atoms with Crippen LogP contribution in [0.3, 0.4) is 0 Å². The summed E-state index contributed by atoms with van der Waals surface area (Å²) >= 11 is 6.53. The fraction of sp³-hybridized carbons (Fsp3) is 0.125. The molecule has 0 fully saturated rings. The van der Waals surface area contributed by atoms with E-state index < -0.39 is 0 Å². The summed E-state index contributed by atoms with van der Waals surface area (Å²) in [5.74, 6) is 0. The molecule has 7 heteroatoms. The lowest BCUT2D eigenvalue weighted by Gasteiger charge is -2.25. The first kappa shape index (κ1) is 14.9. The number of nitrogens with zero attached hydrogens (tertiary/aromatic N) is 3. The monoisotopic (exact) mass is 405 g/mol. The Morgan fingerprint density at radius 3 is 2.78 bits per heavy atom. The number of anilines is 1. The number of thiazole rings is 1. The first-order valence-electron chi connectivity index (χ1n) is 7.00. The minimum absolute atomic E-state index is 0.0314. The lowest BCUT2D eigenvalue weighted by atomic mass is 10.3. The van der Waals surface area contributed by atoms with E-state index in [1.807, 2.05) is 47.9 Å². The number of aromatic nitrogens is 1. The van der Waals surface area contributed by atoms with Gasteiger partial charge in [0.15, 0.2) is 4.80 Å². The van der Waals surface area contributed by atoms with Crippen molar-refractivity contribution in [2.24, 2.45) is 4.99 Å². The predicted octanol–water partition coefficient (Wildman–Crippen LogP) is 2.62. The van der Waals surface area contributed by atoms with Crippen LogP contribution in [0.25, 0.3) is 6.08 Å². The molecule has 0 amide bonds. The highest BCUT2D eigenvalue weighted by molar-refractivity contribution is 9.10. The van der Waals surface area contributed by atoms with Gasteiger partial charge in [0, 0.05) is 15.0 Å². The molecule has 1 aliphatic heterocycles. The number of hydrogen-bond acceptors (Lipinski definition) is 5. The van der Waals surface area contributed by atoms with E-state index in [-0.39, 0.29) is 5.56 Å². The van der Waals surface area contributed by atoms with Crippen LogP contribution in [0.2, 0.25) is 0 Å². The lowest BCUT2D eigenvalue weighted by Crippen LogP contribution is -2.42. The van der Waals surface area contributed by atoms with Crippen molar-refractivity contribution in [2.45, 2.75) is 6.67 Å². The fourth-order valence-corrected chi connectivity index (χ4v) is 4.38. The van der Waals surface area contributed by atoms with Crippen molar-refractivity contribution in [3.05, 3.63) is 70.8 Å². The Kier molecular flexibility index (Phi) is 3.92. The van der Waals surface area contributed by atoms with E-state index in [0.717, 1.165) is 24.4 Å². The summed E-state index contributed by atoms with van der Waals surface area (Å²) in [4.78, 5) is 21.2. The van der Waals surface area contributed by atoms with E-state index in [4.69, 9.17) is 0 Å². The molecule has 2 aromatic heterocycles. The summed E-state index contributed by atoms with van der Waals surface area (Å²) < 4.78 is 3.52. The number of thiophene rings is 1. The number of rotatable bonds is 2. The third-order valence-electron chi connectivity index (χ3n) is 3.59. The molecule has 0 atom stereocenters. The van der Waals surface area contributed by atoms with Crippen molar-refractivity contribution >= 4 is 50.4 Å². The summed E-state index contributed by atoms with van der Waals surface area (Å²) in [6, 6.07) is 12.1. The Labute approximate surface area is 148 Å². The van der Waals surface area contributed by atoms with E-state index in [0.29, 0.717) is 13.3 Å². The Morgan fingerprint density at radius 2 is 2.04 bits per heavy atom. The molecular formula is C16H12BrN3OS2. The van der Waals surface area contributed by atoms with Crippen LogP contribution in [0.5, 0.6) is 0 Å². The van der Waals surface area contributed by atoms with Gasteiger partial charge in [-0.1, -0.05) is 33.3 Å². The smallest absolute Gasteiger partial charge is 0.271 e. The SMILES string of the molecule is O=c1c(=Cc2cccs2)sc2n1CN(c1ccc(Br)cc1)CN=2. The zero-order chi connectivity index (χ0) is 15.8. The Bertz CT molecular complexity index is 1000. The minimum Gasteiger partial charge on any atom is -0.334 e. The molecule has 0 N–H and O–H groups in total. The molecule has 0 saturated heterocycles. The van der Waals surface area contributed by atoms with Crippen molar-refractivity contribution in [3.63, 3.8) is 0 Å². The molecule has 4 nitrogen and oxygen atoms in total. The Balaban J connectivity index is 1.72. The van der Waals surface area contributed by atoms with E-state index >= 15 is 0 Å². The van der Waals surface area contributed by atoms with Crippen LogP contribution in [0.15, 0.2) is 56.0 Å². The summed E-state index contributed by atoms with van der Waals surface area (Å²) in [5.41, 5.74) is 1.09. The maximum atomic E-state index is 12.6. The third-order valence-corrected chi connectivity index (χ3v) is 5.98. The number of hydrogen-bond donors (Lipinski definition) is 0. The molecule has 0 bridgehead atoms. The Hall–Kier alpha value is -1.70. The number of benzene rings is 1. The van der Waals surface area contributed by atoms with E-state index in [1.165, 1.54) is 11.3 Å². The third kappa shape index (κ3) is 2.91. The minimum atomic E-state index is 0.0314. The van der Waals surface area contributed by atoms with Crippen LogP contribution in [0.4, 0.5) is 5.69 Å². The van der Waals surface area contributed by atoms with Gasteiger partial charge in [0.1, 0.15) is 13.3 Å². The van der Waals surface area contributed by atoms with Crippen LogP contribution in [0, 0.1) is 0 Å². The van der Waals surface area contributed by atoms with E-state index in [1.54, 1.807) is 15.9 Å². The van der Waals surface area contributed by atoms with Crippen LogP contribution in [-0.2, 0) is 6.67 Å². The first-order chi connectivity index (χ1) is 11.2. The molecule has 1 aliphatic rings. The van der Waals surface area contributed by atoms with Gasteiger partial charge in [-0.2, -0.15) is 0 Å². The van der Waals surface area contributed by atoms with Gasteiger partial charge in [0.2, 0.25) is 0 Å². The maximum absolute atomic E-state index is 12.6. The van der Waals surface area contributed by atoms with Gasteiger partial charge in [-0.25, -0.2) is 4.99 Å². The van der Waals surface area contributed by atoms with Gasteiger partial charge in [-0.15, -0.1) is 11.3 Å². The molecule has 3 aromatic rings. The zero-order valence-corrected chi connectivity index (χ0v) is 15.2. The molecule has 0 spiro atoms. The average Bonchev–Trinajstić information content (AvgIpc) is 3.17. The first-order valence-corrected chi connectivity index (χ1v) is 9.49. The second kappa shape index (κ2) is 6.07. The maximum Gasteiger partial charge on any atom is 0.271 e. The second-order valence-electron chi connectivity index (χ2n) is 5.10. The van der Waals surface area contributed by atoms with Gasteiger partial charge in [-0.05, 0) is 41.8 Å². The second-order valence-corrected chi connectivity index (χ2v) is 8.00. The largest absolute Gasteiger partial charge is 0.334 e. The molecule has 3 heterocycles. The fourth-order valence-electron chi connectivity index (χ4n) is 2.43. The summed E-state index contributed by atoms with van der Waals surface area (Å²) in [7, 11) is 0. The highest BCUT2D eigenvalue weighted by atomic mass is 79.9. The molecule has 0 radical (unpaired) electrons. The topological polar surface area (TPSA) is 37.6 Å². The van der Waals surface area contributed by atoms with Gasteiger partial charge in [-0.3, -0.25) is 9.36 Å². The van der Waals surface area contributed by atoms with Crippen LogP contribution >= 0.6 is 38.6 Å². The highest BCUT2D eigenvalue weighted by Crippen LogP contribution is 2.19. The van der Waals surface area contributed by atoms with Gasteiger partial charge in [0.05, 0.1) is 4.53 Å². The lowest BCUT2D eigenvalue weighted by molar-refractivity contribution is 0.569. The summed E-state index contributed by atoms with van der Waals surface area (Å²) in [6.45, 7) is 1.11. The molecular weight excluding hydrogens is 394 g/mol. The van der Waals surface area contributed by atoms with Crippen molar-refractivity contribution in [1.29, 1.82) is 0 Å². The van der Waals surface area contributed by atoms with Gasteiger partial charge in [0.25, 0.3) is 5.56 Å². The molecule has 1 aromatic carbocycles. The van der Waals surface area contributed by atoms with Crippen LogP contribution < -0.4 is 19.8 Å². The molecule has 4 rings (SSSR count). The molecule has 0 saturated carbocycles. The number of fused-ring (bicyclic) bond motifs is 1. The molecule has 23 heavy (non-hydrogen) atoms. The van der Waals surface area contributed by atoms with Gasteiger partial charge >= 0.3 is 0 Å². The van der Waals surface area contributed by atoms with E-state index in [9.17, 15) is 4.79 Å². The van der Waals surface area contributed by atoms with Crippen molar-refractivity contribution in [3.8, 4) is 0 Å². The molecule has 0 aliphatic carbocycles. The standard InChI is InChI=1S/C16H12BrN3OS2/c17-11-3-5-12(6-4-11)19-9-18-16-20(10-19)15(21)14(23-16)8-13-2-1-7-22-13/h1-8H,9-10H2. The zero-order valence-electron chi connectivity index (χ0n) is 12.0. The highest BCUT2D eigenvalue weighted by Gasteiger charge is 2.15. The molecule has 116 valence electrons. The van der Waals surface area contributed by atoms with Crippen molar-refractivity contribution in [2.75, 3.05) is 11.6 Å². The quantitative estimate of drug-likeness (QED) is 0.656. The normalized spacial score (nSPS) is 14.7. The van der Waals surface area contributed by atoms with Crippen molar-refractivity contribution in [1.82, 2.24) is 4.57 Å². The molecule has 0 unspecified atom stereocenters. The summed E-state index contributed by atoms with van der Waals surface area (Å²) in [6.07, 6.45) is 1.95. The van der Waals surface area contributed by atoms with E-state index in [2.05, 4.69) is 25.8 Å². The van der Waals surface area contributed by atoms with Crippen LogP contribution in [-0.4, -0.2) is 11.2 Å². The van der Waals surface area contributed by atoms with Crippen LogP contribution in [0.1, 0.15) is 4.88 Å². The number of halogens is 1.